The van der Waals surface area contributed by atoms with Gasteiger partial charge >= 0.3 is 5.76 Å². The third-order valence-electron chi connectivity index (χ3n) is 4.75. The molecule has 1 N–H and O–H groups in total. The highest BCUT2D eigenvalue weighted by molar-refractivity contribution is 5.93. The molecule has 0 aromatic carbocycles. The van der Waals surface area contributed by atoms with Gasteiger partial charge in [-0.2, -0.15) is 0 Å². The second-order valence-electron chi connectivity index (χ2n) is 6.30. The molecule has 9 nitrogen and oxygen atoms in total. The number of nitrogens with one attached hydrogen (secondary N) is 1. The van der Waals surface area contributed by atoms with E-state index >= 15 is 0 Å². The molecule has 2 aliphatic heterocycles. The first-order valence-corrected chi connectivity index (χ1v) is 8.20. The van der Waals surface area contributed by atoms with E-state index in [1.54, 1.807) is 15.9 Å². The highest BCUT2D eigenvalue weighted by Crippen LogP contribution is 2.30. The van der Waals surface area contributed by atoms with Crippen LogP contribution in [0.15, 0.2) is 33.9 Å². The maximum Gasteiger partial charge on any atom is 0.416 e. The number of aromatic nitrogens is 3. The molecule has 0 radical (unpaired) electrons. The van der Waals surface area contributed by atoms with Crippen molar-refractivity contribution in [3.63, 3.8) is 0 Å². The molecule has 2 aliphatic rings. The van der Waals surface area contributed by atoms with Crippen molar-refractivity contribution in [2.45, 2.75) is 31.3 Å². The molecule has 130 valence electrons. The van der Waals surface area contributed by atoms with Gasteiger partial charge in [-0.25, -0.2) is 14.8 Å². The van der Waals surface area contributed by atoms with Crippen molar-refractivity contribution in [3.8, 4) is 0 Å². The van der Waals surface area contributed by atoms with Gasteiger partial charge in [0.25, 0.3) is 11.8 Å². The Bertz CT molecular complexity index is 831. The normalized spacial score (nSPS) is 22.7. The fourth-order valence-electron chi connectivity index (χ4n) is 3.68. The second-order valence-corrected chi connectivity index (χ2v) is 6.30. The summed E-state index contributed by atoms with van der Waals surface area (Å²) in [5.74, 6) is -0.965. The van der Waals surface area contributed by atoms with Crippen LogP contribution in [-0.2, 0) is 0 Å². The van der Waals surface area contributed by atoms with Crippen LogP contribution in [0.2, 0.25) is 0 Å². The van der Waals surface area contributed by atoms with Gasteiger partial charge in [-0.05, 0) is 25.3 Å². The molecule has 9 heteroatoms. The summed E-state index contributed by atoms with van der Waals surface area (Å²) >= 11 is 0. The molecule has 2 aromatic heterocycles. The van der Waals surface area contributed by atoms with Crippen LogP contribution in [0.3, 0.4) is 0 Å². The van der Waals surface area contributed by atoms with Crippen LogP contribution >= 0.6 is 0 Å². The minimum atomic E-state index is -0.649. The van der Waals surface area contributed by atoms with Crippen molar-refractivity contribution in [1.82, 2.24) is 24.8 Å². The number of piperidine rings is 1. The molecule has 4 rings (SSSR count). The van der Waals surface area contributed by atoms with Crippen molar-refractivity contribution < 1.29 is 14.0 Å². The minimum absolute atomic E-state index is 0.0916. The van der Waals surface area contributed by atoms with Crippen LogP contribution in [0.4, 0.5) is 0 Å². The average molecular weight is 343 g/mol. The van der Waals surface area contributed by atoms with E-state index in [1.807, 2.05) is 0 Å². The fraction of sp³-hybridized carbons (Fsp3) is 0.438. The predicted octanol–water partition coefficient (Wildman–Crippen LogP) is 0.277. The molecule has 0 spiro atoms. The first-order valence-electron chi connectivity index (χ1n) is 8.20. The Hall–Kier alpha value is -2.97. The number of oxazole rings is 1. The Labute approximate surface area is 142 Å². The largest absolute Gasteiger partial charge is 0.416 e. The quantitative estimate of drug-likeness (QED) is 0.838. The highest BCUT2D eigenvalue weighted by atomic mass is 16.4. The number of H-pyrrole nitrogens is 1. The summed E-state index contributed by atoms with van der Waals surface area (Å²) in [5, 5.41) is 0. The lowest BCUT2D eigenvalue weighted by Gasteiger charge is -2.49. The van der Waals surface area contributed by atoms with Gasteiger partial charge in [0, 0.05) is 25.5 Å². The summed E-state index contributed by atoms with van der Waals surface area (Å²) in [6, 6.07) is 1.48. The van der Waals surface area contributed by atoms with Gasteiger partial charge in [-0.3, -0.25) is 14.6 Å². The molecule has 2 fully saturated rings. The number of hydrogen-bond acceptors (Lipinski definition) is 6. The third-order valence-corrected chi connectivity index (χ3v) is 4.75. The number of carbonyl (C=O) groups is 2. The van der Waals surface area contributed by atoms with Crippen molar-refractivity contribution in [1.29, 1.82) is 0 Å². The predicted molar refractivity (Wildman–Crippen MR) is 84.9 cm³/mol. The molecular formula is C16H17N5O4. The zero-order valence-corrected chi connectivity index (χ0v) is 13.4. The number of amides is 2. The van der Waals surface area contributed by atoms with E-state index in [-0.39, 0.29) is 35.4 Å². The number of likely N-dealkylation sites (tertiary alicyclic amines) is 1. The molecule has 2 saturated heterocycles. The summed E-state index contributed by atoms with van der Waals surface area (Å²) in [4.78, 5) is 50.5. The third kappa shape index (κ3) is 2.81. The summed E-state index contributed by atoms with van der Waals surface area (Å²) < 4.78 is 4.68. The van der Waals surface area contributed by atoms with E-state index in [0.717, 1.165) is 25.5 Å². The Morgan fingerprint density at radius 1 is 1.12 bits per heavy atom. The molecule has 2 bridgehead atoms. The van der Waals surface area contributed by atoms with Crippen LogP contribution in [0.1, 0.15) is 40.4 Å². The molecule has 25 heavy (non-hydrogen) atoms. The maximum absolute atomic E-state index is 12.7. The first-order chi connectivity index (χ1) is 12.1. The van der Waals surface area contributed by atoms with Gasteiger partial charge in [0.1, 0.15) is 12.0 Å². The number of rotatable bonds is 2. The number of piperazine rings is 1. The Morgan fingerprint density at radius 2 is 1.80 bits per heavy atom. The zero-order chi connectivity index (χ0) is 17.4. The summed E-state index contributed by atoms with van der Waals surface area (Å²) in [6.07, 6.45) is 6.85. The van der Waals surface area contributed by atoms with Gasteiger partial charge < -0.3 is 14.2 Å². The van der Waals surface area contributed by atoms with Gasteiger partial charge in [0.15, 0.2) is 0 Å². The van der Waals surface area contributed by atoms with Crippen LogP contribution in [0, 0.1) is 0 Å². The molecule has 2 atom stereocenters. The molecular weight excluding hydrogens is 326 g/mol. The van der Waals surface area contributed by atoms with Crippen molar-refractivity contribution in [2.24, 2.45) is 0 Å². The summed E-state index contributed by atoms with van der Waals surface area (Å²) in [7, 11) is 0. The number of carbonyl (C=O) groups excluding carboxylic acids is 2. The lowest BCUT2D eigenvalue weighted by molar-refractivity contribution is 0.000271. The molecule has 2 unspecified atom stereocenters. The highest BCUT2D eigenvalue weighted by Gasteiger charge is 2.42. The second kappa shape index (κ2) is 6.15. The van der Waals surface area contributed by atoms with Gasteiger partial charge in [-0.15, -0.1) is 0 Å². The molecule has 0 saturated carbocycles. The smallest absolute Gasteiger partial charge is 0.416 e. The van der Waals surface area contributed by atoms with E-state index in [1.165, 1.54) is 12.4 Å². The van der Waals surface area contributed by atoms with Gasteiger partial charge in [0.2, 0.25) is 5.82 Å². The number of aromatic amines is 1. The molecule has 2 aromatic rings. The van der Waals surface area contributed by atoms with Gasteiger partial charge in [-0.1, -0.05) is 0 Å². The monoisotopic (exact) mass is 343 g/mol. The first kappa shape index (κ1) is 15.6. The van der Waals surface area contributed by atoms with E-state index in [0.29, 0.717) is 13.1 Å². The van der Waals surface area contributed by atoms with Crippen molar-refractivity contribution >= 4 is 11.8 Å². The standard InChI is InChI=1S/C16H17N5O4/c22-14(12-9-25-16(24)19-12)21-10-3-1-4-11(21)8-20(7-10)15(23)13-17-5-2-6-18-13/h2,5-6,9-11H,1,3-4,7-8H2,(H,19,24). The topological polar surface area (TPSA) is 112 Å². The van der Waals surface area contributed by atoms with Crippen LogP contribution in [0.25, 0.3) is 0 Å². The molecule has 4 heterocycles. The number of fused-ring (bicyclic) bond motifs is 2. The van der Waals surface area contributed by atoms with Crippen molar-refractivity contribution in [3.05, 3.63) is 46.8 Å². The fourth-order valence-corrected chi connectivity index (χ4v) is 3.68. The molecule has 2 amide bonds. The Balaban J connectivity index is 1.56. The number of nitrogens with zero attached hydrogens (tertiary/aromatic N) is 4. The Kier molecular flexibility index (Phi) is 3.83. The van der Waals surface area contributed by atoms with Crippen molar-refractivity contribution in [2.75, 3.05) is 13.1 Å². The van der Waals surface area contributed by atoms with Crippen LogP contribution in [-0.4, -0.2) is 61.7 Å². The SMILES string of the molecule is O=C(c1ncccn1)N1CC2CCCC(C1)N2C(=O)c1coc(=O)[nH]1. The zero-order valence-electron chi connectivity index (χ0n) is 13.4. The van der Waals surface area contributed by atoms with Crippen LogP contribution in [0.5, 0.6) is 0 Å². The van der Waals surface area contributed by atoms with Gasteiger partial charge in [0.05, 0.1) is 12.1 Å². The molecule has 0 aliphatic carbocycles. The lowest BCUT2D eigenvalue weighted by Crippen LogP contribution is -2.63. The number of hydrogen-bond donors (Lipinski definition) is 1. The summed E-state index contributed by atoms with van der Waals surface area (Å²) in [5.41, 5.74) is 0.146. The van der Waals surface area contributed by atoms with E-state index in [2.05, 4.69) is 19.4 Å². The lowest BCUT2D eigenvalue weighted by atomic mass is 9.90. The van der Waals surface area contributed by atoms with E-state index < -0.39 is 5.76 Å². The summed E-state index contributed by atoms with van der Waals surface area (Å²) in [6.45, 7) is 0.864. The van der Waals surface area contributed by atoms with E-state index in [9.17, 15) is 14.4 Å². The maximum atomic E-state index is 12.7. The van der Waals surface area contributed by atoms with E-state index in [4.69, 9.17) is 0 Å². The average Bonchev–Trinajstić information content (AvgIpc) is 3.06. The van der Waals surface area contributed by atoms with Crippen LogP contribution < -0.4 is 5.76 Å². The Morgan fingerprint density at radius 3 is 2.40 bits per heavy atom. The minimum Gasteiger partial charge on any atom is -0.416 e.